The second-order valence-corrected chi connectivity index (χ2v) is 15.4. The van der Waals surface area contributed by atoms with Gasteiger partial charge in [0.05, 0.1) is 0 Å². The minimum Gasteiger partial charge on any atom is -0.310 e. The molecule has 7 aromatic carbocycles. The van der Waals surface area contributed by atoms with Gasteiger partial charge in [-0.25, -0.2) is 0 Å². The van der Waals surface area contributed by atoms with E-state index in [0.29, 0.717) is 0 Å². The number of hydrogen-bond acceptors (Lipinski definition) is 1. The second-order valence-electron chi connectivity index (χ2n) is 15.4. The summed E-state index contributed by atoms with van der Waals surface area (Å²) < 4.78 is 0. The molecule has 0 saturated carbocycles. The summed E-state index contributed by atoms with van der Waals surface area (Å²) in [5.41, 5.74) is 18.4. The van der Waals surface area contributed by atoms with Crippen molar-refractivity contribution in [3.63, 3.8) is 0 Å². The van der Waals surface area contributed by atoms with Gasteiger partial charge in [0, 0.05) is 17.1 Å². The third-order valence-corrected chi connectivity index (χ3v) is 11.7. The molecule has 0 aromatic heterocycles. The normalized spacial score (nSPS) is 14.0. The molecule has 2 aliphatic rings. The zero-order valence-corrected chi connectivity index (χ0v) is 33.4. The molecular formula is C57H49N. The van der Waals surface area contributed by atoms with Crippen molar-refractivity contribution >= 4 is 51.1 Å². The fourth-order valence-electron chi connectivity index (χ4n) is 8.85. The predicted octanol–water partition coefficient (Wildman–Crippen LogP) is 16.7. The summed E-state index contributed by atoms with van der Waals surface area (Å²) in [6.45, 7) is 6.33. The predicted molar refractivity (Wildman–Crippen MR) is 253 cm³/mol. The van der Waals surface area contributed by atoms with E-state index in [-0.39, 0.29) is 0 Å². The fourth-order valence-corrected chi connectivity index (χ4v) is 8.85. The molecule has 1 heteroatoms. The molecule has 0 bridgehead atoms. The third kappa shape index (κ3) is 7.44. The Kier molecular flexibility index (Phi) is 10.7. The van der Waals surface area contributed by atoms with Gasteiger partial charge >= 0.3 is 0 Å². The maximum absolute atomic E-state index is 4.25. The van der Waals surface area contributed by atoms with Crippen molar-refractivity contribution in [1.29, 1.82) is 0 Å². The lowest BCUT2D eigenvalue weighted by Gasteiger charge is -2.29. The van der Waals surface area contributed by atoms with E-state index in [1.54, 1.807) is 0 Å². The number of hydrogen-bond donors (Lipinski definition) is 0. The molecule has 282 valence electrons. The highest BCUT2D eigenvalue weighted by atomic mass is 15.1. The van der Waals surface area contributed by atoms with Crippen molar-refractivity contribution < 1.29 is 0 Å². The minimum atomic E-state index is 1.08. The van der Waals surface area contributed by atoms with Gasteiger partial charge in [0.15, 0.2) is 0 Å². The van der Waals surface area contributed by atoms with Crippen LogP contribution in [0.4, 0.5) is 17.1 Å². The number of rotatable bonds is 10. The van der Waals surface area contributed by atoms with Crippen LogP contribution in [0, 0.1) is 0 Å². The maximum atomic E-state index is 4.25. The molecular weight excluding hydrogens is 699 g/mol. The van der Waals surface area contributed by atoms with Crippen LogP contribution in [0.5, 0.6) is 0 Å². The van der Waals surface area contributed by atoms with Gasteiger partial charge in [-0.2, -0.15) is 0 Å². The van der Waals surface area contributed by atoms with Gasteiger partial charge in [0.2, 0.25) is 0 Å². The highest BCUT2D eigenvalue weighted by molar-refractivity contribution is 6.00. The molecule has 0 saturated heterocycles. The lowest BCUT2D eigenvalue weighted by molar-refractivity contribution is 0.742. The van der Waals surface area contributed by atoms with E-state index < -0.39 is 0 Å². The van der Waals surface area contributed by atoms with E-state index in [1.807, 2.05) is 6.08 Å². The van der Waals surface area contributed by atoms with Gasteiger partial charge in [0.25, 0.3) is 0 Å². The first-order valence-corrected chi connectivity index (χ1v) is 20.9. The van der Waals surface area contributed by atoms with Crippen molar-refractivity contribution in [3.05, 3.63) is 211 Å². The highest BCUT2D eigenvalue weighted by Crippen LogP contribution is 2.44. The first kappa shape index (κ1) is 36.9. The molecule has 0 radical (unpaired) electrons. The molecule has 0 N–H and O–H groups in total. The lowest BCUT2D eigenvalue weighted by Crippen LogP contribution is -2.11. The average Bonchev–Trinajstić information content (AvgIpc) is 3.30. The summed E-state index contributed by atoms with van der Waals surface area (Å²) in [6, 6.07) is 55.9. The quantitative estimate of drug-likeness (QED) is 0.135. The Labute approximate surface area is 344 Å². The molecule has 0 unspecified atom stereocenters. The molecule has 0 aliphatic heterocycles. The van der Waals surface area contributed by atoms with Crippen molar-refractivity contribution in [2.45, 2.75) is 45.4 Å². The van der Waals surface area contributed by atoms with E-state index in [4.69, 9.17) is 0 Å². The van der Waals surface area contributed by atoms with Crippen LogP contribution in [0.15, 0.2) is 189 Å². The summed E-state index contributed by atoms with van der Waals surface area (Å²) in [7, 11) is 0. The van der Waals surface area contributed by atoms with Crippen LogP contribution in [0.2, 0.25) is 0 Å². The van der Waals surface area contributed by atoms with Gasteiger partial charge in [0.1, 0.15) is 0 Å². The largest absolute Gasteiger partial charge is 0.310 e. The maximum Gasteiger partial charge on any atom is 0.0473 e. The Morgan fingerprint density at radius 3 is 1.88 bits per heavy atom. The molecule has 0 spiro atoms. The van der Waals surface area contributed by atoms with Crippen molar-refractivity contribution in [2.24, 2.45) is 0 Å². The van der Waals surface area contributed by atoms with Gasteiger partial charge in [-0.05, 0) is 172 Å². The molecule has 0 heterocycles. The van der Waals surface area contributed by atoms with Crippen LogP contribution in [-0.4, -0.2) is 0 Å². The fraction of sp³-hybridized carbons (Fsp3) is 0.123. The van der Waals surface area contributed by atoms with Crippen LogP contribution in [0.3, 0.4) is 0 Å². The number of fused-ring (bicyclic) bond motifs is 1. The van der Waals surface area contributed by atoms with Crippen LogP contribution in [-0.2, 0) is 0 Å². The van der Waals surface area contributed by atoms with Crippen LogP contribution < -0.4 is 4.90 Å². The first-order valence-electron chi connectivity index (χ1n) is 20.9. The standard InChI is InChI=1S/C57H49N/c1-3-19-55-52(4-2)53-29-18-17-28-46(53)39-56(55)45-30-32-49(33-31-45)58(50-34-35-54(43-24-13-7-14-25-43)57(40-50)44-26-15-8-16-27-44)51-37-47(41-20-9-5-10-21-41)36-48(38-51)42-22-11-6-12-23-42/h3-6,9-13,17-26,28-40H,2,7-8,14-16,27H2,1H3/b19-3-. The van der Waals surface area contributed by atoms with E-state index in [1.165, 1.54) is 84.8 Å². The van der Waals surface area contributed by atoms with Gasteiger partial charge < -0.3 is 4.90 Å². The molecule has 0 fully saturated rings. The Bertz CT molecular complexity index is 2670. The van der Waals surface area contributed by atoms with E-state index in [2.05, 4.69) is 207 Å². The summed E-state index contributed by atoms with van der Waals surface area (Å²) in [5.74, 6) is 0. The third-order valence-electron chi connectivity index (χ3n) is 11.7. The summed E-state index contributed by atoms with van der Waals surface area (Å²) in [5, 5.41) is 2.43. The molecule has 1 nitrogen and oxygen atoms in total. The summed E-state index contributed by atoms with van der Waals surface area (Å²) in [6.07, 6.45) is 22.8. The monoisotopic (exact) mass is 747 g/mol. The summed E-state index contributed by atoms with van der Waals surface area (Å²) in [4.78, 5) is 2.47. The minimum absolute atomic E-state index is 1.08. The molecule has 58 heavy (non-hydrogen) atoms. The van der Waals surface area contributed by atoms with Gasteiger partial charge in [-0.1, -0.05) is 152 Å². The SMILES string of the molecule is C=Cc1c(/C=C\C)c(-c2ccc(N(c3cc(-c4ccccc4)cc(-c4ccccc4)c3)c3ccc(C4=CCCC=C4)c(C4=CCCCC4)c3)cc2)cc2ccccc12. The van der Waals surface area contributed by atoms with Crippen LogP contribution in [0.1, 0.15) is 67.7 Å². The number of anilines is 3. The summed E-state index contributed by atoms with van der Waals surface area (Å²) >= 11 is 0. The molecule has 7 aromatic rings. The highest BCUT2D eigenvalue weighted by Gasteiger charge is 2.21. The van der Waals surface area contributed by atoms with Crippen LogP contribution in [0.25, 0.3) is 67.5 Å². The van der Waals surface area contributed by atoms with E-state index in [0.717, 1.165) is 48.3 Å². The first-order chi connectivity index (χ1) is 28.7. The van der Waals surface area contributed by atoms with Crippen LogP contribution >= 0.6 is 0 Å². The van der Waals surface area contributed by atoms with Crippen molar-refractivity contribution in [3.8, 4) is 33.4 Å². The zero-order chi connectivity index (χ0) is 39.3. The zero-order valence-electron chi connectivity index (χ0n) is 33.4. The Balaban J connectivity index is 1.26. The van der Waals surface area contributed by atoms with Gasteiger partial charge in [-0.3, -0.25) is 0 Å². The topological polar surface area (TPSA) is 3.24 Å². The Hall–Kier alpha value is -6.70. The smallest absolute Gasteiger partial charge is 0.0473 e. The van der Waals surface area contributed by atoms with E-state index in [9.17, 15) is 0 Å². The molecule has 0 atom stereocenters. The molecule has 2 aliphatic carbocycles. The molecule has 9 rings (SSSR count). The number of nitrogens with zero attached hydrogens (tertiary/aromatic N) is 1. The molecule has 0 amide bonds. The second kappa shape index (κ2) is 16.8. The van der Waals surface area contributed by atoms with E-state index >= 15 is 0 Å². The lowest BCUT2D eigenvalue weighted by atomic mass is 9.86. The van der Waals surface area contributed by atoms with Crippen molar-refractivity contribution in [2.75, 3.05) is 4.90 Å². The Morgan fingerprint density at radius 1 is 0.517 bits per heavy atom. The van der Waals surface area contributed by atoms with Gasteiger partial charge in [-0.15, -0.1) is 0 Å². The number of benzene rings is 7. The Morgan fingerprint density at radius 2 is 1.22 bits per heavy atom. The van der Waals surface area contributed by atoms with Crippen molar-refractivity contribution in [1.82, 2.24) is 0 Å². The average molecular weight is 748 g/mol. The number of allylic oxidation sites excluding steroid dienone is 7.